The minimum Gasteiger partial charge on any atom is -0.370 e. The summed E-state index contributed by atoms with van der Waals surface area (Å²) in [5.74, 6) is -0.471. The Kier molecular flexibility index (Phi) is 5.28. The van der Waals surface area contributed by atoms with Gasteiger partial charge in [-0.15, -0.1) is 0 Å². The largest absolute Gasteiger partial charge is 0.370 e. The summed E-state index contributed by atoms with van der Waals surface area (Å²) in [6.07, 6.45) is 0. The minimum absolute atomic E-state index is 0.129. The van der Waals surface area contributed by atoms with Gasteiger partial charge in [-0.05, 0) is 44.3 Å². The molecule has 0 heterocycles. The lowest BCUT2D eigenvalue weighted by molar-refractivity contribution is 0.528. The Morgan fingerprint density at radius 1 is 1.05 bits per heavy atom. The number of rotatable bonds is 6. The second-order valence-electron chi connectivity index (χ2n) is 4.88. The summed E-state index contributed by atoms with van der Waals surface area (Å²) < 4.78 is 26.9. The fourth-order valence-electron chi connectivity index (χ4n) is 2.39. The van der Waals surface area contributed by atoms with Gasteiger partial charge in [-0.3, -0.25) is 0 Å². The number of benzene rings is 2. The van der Waals surface area contributed by atoms with Crippen LogP contribution in [0, 0.1) is 11.6 Å². The van der Waals surface area contributed by atoms with Crippen LogP contribution in [0.4, 0.5) is 14.5 Å². The molecule has 2 nitrogen and oxygen atoms in total. The van der Waals surface area contributed by atoms with Crippen LogP contribution >= 0.6 is 0 Å². The molecule has 0 aliphatic rings. The van der Waals surface area contributed by atoms with Crippen molar-refractivity contribution in [1.29, 1.82) is 0 Å². The van der Waals surface area contributed by atoms with Gasteiger partial charge in [0.1, 0.15) is 11.6 Å². The Bertz CT molecular complexity index is 569. The number of halogens is 2. The highest BCUT2D eigenvalue weighted by Gasteiger charge is 2.17. The molecule has 4 heteroatoms. The van der Waals surface area contributed by atoms with Crippen LogP contribution in [0.15, 0.2) is 48.5 Å². The van der Waals surface area contributed by atoms with Gasteiger partial charge in [0, 0.05) is 24.3 Å². The van der Waals surface area contributed by atoms with Crippen molar-refractivity contribution in [3.8, 4) is 0 Å². The molecule has 1 N–H and O–H groups in total. The molecule has 0 saturated heterocycles. The molecule has 0 saturated carbocycles. The summed E-state index contributed by atoms with van der Waals surface area (Å²) in [6.45, 7) is 3.40. The molecular weight excluding hydrogens is 270 g/mol. The minimum atomic E-state index is -0.255. The number of nitrogens with one attached hydrogen (secondary N) is 1. The highest BCUT2D eigenvalue weighted by molar-refractivity contribution is 5.46. The van der Waals surface area contributed by atoms with E-state index in [4.69, 9.17) is 0 Å². The van der Waals surface area contributed by atoms with Crippen molar-refractivity contribution in [3.63, 3.8) is 0 Å². The molecule has 112 valence electrons. The summed E-state index contributed by atoms with van der Waals surface area (Å²) in [5, 5.41) is 3.15. The third-order valence-corrected chi connectivity index (χ3v) is 3.61. The number of hydrogen-bond acceptors (Lipinski definition) is 2. The van der Waals surface area contributed by atoms with Crippen molar-refractivity contribution in [1.82, 2.24) is 5.32 Å². The maximum atomic E-state index is 13.9. The first-order valence-electron chi connectivity index (χ1n) is 7.08. The molecular formula is C17H20F2N2. The topological polar surface area (TPSA) is 15.3 Å². The van der Waals surface area contributed by atoms with E-state index in [0.29, 0.717) is 12.1 Å². The molecule has 2 rings (SSSR count). The van der Waals surface area contributed by atoms with Crippen molar-refractivity contribution >= 4 is 5.69 Å². The second-order valence-corrected chi connectivity index (χ2v) is 4.88. The molecule has 2 aromatic carbocycles. The van der Waals surface area contributed by atoms with Gasteiger partial charge < -0.3 is 10.2 Å². The zero-order chi connectivity index (χ0) is 15.2. The van der Waals surface area contributed by atoms with Crippen LogP contribution in [0.2, 0.25) is 0 Å². The standard InChI is InChI=1S/C17H20F2N2/c1-3-21(14-10-8-13(18)9-11-14)12-17(20-2)15-6-4-5-7-16(15)19/h4-11,17,20H,3,12H2,1-2H3. The Hall–Kier alpha value is -1.94. The van der Waals surface area contributed by atoms with Crippen LogP contribution in [-0.2, 0) is 0 Å². The van der Waals surface area contributed by atoms with Crippen LogP contribution in [0.5, 0.6) is 0 Å². The molecule has 1 atom stereocenters. The first kappa shape index (κ1) is 15.4. The van der Waals surface area contributed by atoms with E-state index in [9.17, 15) is 8.78 Å². The predicted molar refractivity (Wildman–Crippen MR) is 82.5 cm³/mol. The van der Waals surface area contributed by atoms with Crippen molar-refractivity contribution in [2.75, 3.05) is 25.0 Å². The average Bonchev–Trinajstić information content (AvgIpc) is 2.51. The lowest BCUT2D eigenvalue weighted by Gasteiger charge is -2.28. The summed E-state index contributed by atoms with van der Waals surface area (Å²) in [5.41, 5.74) is 1.57. The van der Waals surface area contributed by atoms with E-state index in [0.717, 1.165) is 12.2 Å². The van der Waals surface area contributed by atoms with Gasteiger partial charge in [-0.1, -0.05) is 18.2 Å². The molecule has 0 radical (unpaired) electrons. The summed E-state index contributed by atoms with van der Waals surface area (Å²) >= 11 is 0. The fraction of sp³-hybridized carbons (Fsp3) is 0.294. The van der Waals surface area contributed by atoms with E-state index in [2.05, 4.69) is 10.2 Å². The van der Waals surface area contributed by atoms with Crippen molar-refractivity contribution in [2.45, 2.75) is 13.0 Å². The molecule has 0 fully saturated rings. The van der Waals surface area contributed by atoms with Gasteiger partial charge in [0.25, 0.3) is 0 Å². The van der Waals surface area contributed by atoms with Crippen molar-refractivity contribution in [2.24, 2.45) is 0 Å². The maximum absolute atomic E-state index is 13.9. The van der Waals surface area contributed by atoms with Gasteiger partial charge in [0.05, 0.1) is 6.04 Å². The molecule has 2 aromatic rings. The van der Waals surface area contributed by atoms with Crippen LogP contribution in [0.25, 0.3) is 0 Å². The van der Waals surface area contributed by atoms with E-state index < -0.39 is 0 Å². The zero-order valence-electron chi connectivity index (χ0n) is 12.3. The molecule has 21 heavy (non-hydrogen) atoms. The van der Waals surface area contributed by atoms with Gasteiger partial charge in [0.15, 0.2) is 0 Å². The number of likely N-dealkylation sites (N-methyl/N-ethyl adjacent to an activating group) is 2. The number of nitrogens with zero attached hydrogens (tertiary/aromatic N) is 1. The lowest BCUT2D eigenvalue weighted by atomic mass is 10.1. The first-order chi connectivity index (χ1) is 10.2. The van der Waals surface area contributed by atoms with Crippen LogP contribution in [0.1, 0.15) is 18.5 Å². The van der Waals surface area contributed by atoms with Crippen molar-refractivity contribution < 1.29 is 8.78 Å². The molecule has 0 spiro atoms. The van der Waals surface area contributed by atoms with Gasteiger partial charge in [0.2, 0.25) is 0 Å². The SMILES string of the molecule is CCN(CC(NC)c1ccccc1F)c1ccc(F)cc1. The van der Waals surface area contributed by atoms with Gasteiger partial charge in [-0.2, -0.15) is 0 Å². The number of hydrogen-bond donors (Lipinski definition) is 1. The van der Waals surface area contributed by atoms with Gasteiger partial charge in [-0.25, -0.2) is 8.78 Å². The van der Waals surface area contributed by atoms with E-state index in [1.54, 1.807) is 24.3 Å². The summed E-state index contributed by atoms with van der Waals surface area (Å²) in [4.78, 5) is 2.09. The summed E-state index contributed by atoms with van der Waals surface area (Å²) in [7, 11) is 1.82. The van der Waals surface area contributed by atoms with E-state index in [1.807, 2.05) is 20.0 Å². The van der Waals surface area contributed by atoms with Gasteiger partial charge >= 0.3 is 0 Å². The molecule has 0 bridgehead atoms. The Labute approximate surface area is 124 Å². The van der Waals surface area contributed by atoms with Crippen LogP contribution in [0.3, 0.4) is 0 Å². The van der Waals surface area contributed by atoms with E-state index in [1.165, 1.54) is 18.2 Å². The molecule has 0 amide bonds. The molecule has 1 unspecified atom stereocenters. The average molecular weight is 290 g/mol. The first-order valence-corrected chi connectivity index (χ1v) is 7.08. The van der Waals surface area contributed by atoms with Crippen LogP contribution in [-0.4, -0.2) is 20.1 Å². The smallest absolute Gasteiger partial charge is 0.128 e. The maximum Gasteiger partial charge on any atom is 0.128 e. The fourth-order valence-corrected chi connectivity index (χ4v) is 2.39. The third-order valence-electron chi connectivity index (χ3n) is 3.61. The Balaban J connectivity index is 2.19. The zero-order valence-corrected chi connectivity index (χ0v) is 12.3. The quantitative estimate of drug-likeness (QED) is 0.871. The Morgan fingerprint density at radius 3 is 2.29 bits per heavy atom. The van der Waals surface area contributed by atoms with Crippen molar-refractivity contribution in [3.05, 3.63) is 65.7 Å². The Morgan fingerprint density at radius 2 is 1.71 bits per heavy atom. The monoisotopic (exact) mass is 290 g/mol. The van der Waals surface area contributed by atoms with Crippen LogP contribution < -0.4 is 10.2 Å². The highest BCUT2D eigenvalue weighted by Crippen LogP contribution is 2.21. The second kappa shape index (κ2) is 7.18. The molecule has 0 aliphatic carbocycles. The van der Waals surface area contributed by atoms with E-state index >= 15 is 0 Å². The third kappa shape index (κ3) is 3.79. The molecule has 0 aromatic heterocycles. The lowest BCUT2D eigenvalue weighted by Crippen LogP contribution is -2.34. The predicted octanol–water partition coefficient (Wildman–Crippen LogP) is 3.75. The normalized spacial score (nSPS) is 12.2. The molecule has 0 aliphatic heterocycles. The summed E-state index contributed by atoms with van der Waals surface area (Å²) in [6, 6.07) is 13.0. The highest BCUT2D eigenvalue weighted by atomic mass is 19.1. The number of anilines is 1. The van der Waals surface area contributed by atoms with E-state index in [-0.39, 0.29) is 17.7 Å².